The van der Waals surface area contributed by atoms with Crippen molar-refractivity contribution in [2.24, 2.45) is 0 Å². The second-order valence-corrected chi connectivity index (χ2v) is 6.45. The Morgan fingerprint density at radius 1 is 1.12 bits per heavy atom. The van der Waals surface area contributed by atoms with Gasteiger partial charge in [0.2, 0.25) is 16.3 Å². The number of H-pyrrole nitrogens is 1. The van der Waals surface area contributed by atoms with Gasteiger partial charge in [-0.15, -0.1) is 10.2 Å². The molecule has 9 nitrogen and oxygen atoms in total. The van der Waals surface area contributed by atoms with Crippen molar-refractivity contribution in [1.29, 1.82) is 0 Å². The molecule has 0 saturated heterocycles. The summed E-state index contributed by atoms with van der Waals surface area (Å²) in [4.78, 5) is 25.9. The number of aryl methyl sites for hydroxylation is 1. The number of rotatable bonds is 3. The van der Waals surface area contributed by atoms with E-state index < -0.39 is 0 Å². The zero-order valence-electron chi connectivity index (χ0n) is 13.0. The number of nitrogens with one attached hydrogen (secondary N) is 1. The average Bonchev–Trinajstić information content (AvgIpc) is 3.21. The van der Waals surface area contributed by atoms with Crippen LogP contribution in [0, 0.1) is 6.92 Å². The van der Waals surface area contributed by atoms with Crippen LogP contribution in [0.1, 0.15) is 5.69 Å². The molecule has 0 aliphatic carbocycles. The molecule has 0 aliphatic rings. The lowest BCUT2D eigenvalue weighted by Gasteiger charge is -2.06. The summed E-state index contributed by atoms with van der Waals surface area (Å²) in [7, 11) is 0. The fraction of sp³-hybridized carbons (Fsp3) is 0.231. The third kappa shape index (κ3) is 2.19. The first-order chi connectivity index (χ1) is 11.6. The van der Waals surface area contributed by atoms with Crippen molar-refractivity contribution in [2.45, 2.75) is 17.2 Å². The summed E-state index contributed by atoms with van der Waals surface area (Å²) in [5.41, 5.74) is 1.03. The van der Waals surface area contributed by atoms with Gasteiger partial charge < -0.3 is 0 Å². The summed E-state index contributed by atoms with van der Waals surface area (Å²) in [6.45, 7) is 1.79. The first-order valence-corrected chi connectivity index (χ1v) is 9.37. The summed E-state index contributed by atoms with van der Waals surface area (Å²) in [5.74, 6) is 0.847. The van der Waals surface area contributed by atoms with Crippen molar-refractivity contribution in [2.75, 3.05) is 12.5 Å². The number of aromatic nitrogens is 8. The summed E-state index contributed by atoms with van der Waals surface area (Å²) in [6, 6.07) is 1.80. The molecule has 0 saturated carbocycles. The lowest BCUT2D eigenvalue weighted by molar-refractivity contribution is 0.880. The molecule has 4 aromatic rings. The summed E-state index contributed by atoms with van der Waals surface area (Å²) in [6.07, 6.45) is 5.41. The monoisotopic (exact) mass is 360 g/mol. The van der Waals surface area contributed by atoms with Crippen molar-refractivity contribution in [3.8, 4) is 5.95 Å². The van der Waals surface area contributed by atoms with E-state index >= 15 is 0 Å². The fourth-order valence-electron chi connectivity index (χ4n) is 2.46. The van der Waals surface area contributed by atoms with Crippen molar-refractivity contribution < 1.29 is 0 Å². The molecule has 0 bridgehead atoms. The van der Waals surface area contributed by atoms with Gasteiger partial charge in [0, 0.05) is 6.20 Å². The van der Waals surface area contributed by atoms with Crippen LogP contribution >= 0.6 is 23.5 Å². The summed E-state index contributed by atoms with van der Waals surface area (Å²) < 4.78 is 3.01. The van der Waals surface area contributed by atoms with Crippen molar-refractivity contribution in [1.82, 2.24) is 39.3 Å². The van der Waals surface area contributed by atoms with Crippen LogP contribution in [0.4, 0.5) is 0 Å². The van der Waals surface area contributed by atoms with Crippen molar-refractivity contribution >= 4 is 40.2 Å². The van der Waals surface area contributed by atoms with Gasteiger partial charge in [-0.25, -0.2) is 10.1 Å². The van der Waals surface area contributed by atoms with Crippen molar-refractivity contribution in [3.05, 3.63) is 28.3 Å². The van der Waals surface area contributed by atoms with Gasteiger partial charge in [-0.05, 0) is 25.5 Å². The lowest BCUT2D eigenvalue weighted by atomic mass is 10.2. The smallest absolute Gasteiger partial charge is 0.268 e. The molecule has 0 radical (unpaired) electrons. The van der Waals surface area contributed by atoms with Crippen LogP contribution in [-0.4, -0.2) is 51.8 Å². The molecule has 0 fully saturated rings. The number of thioether (sulfide) groups is 2. The molecule has 0 atom stereocenters. The van der Waals surface area contributed by atoms with Crippen molar-refractivity contribution in [3.63, 3.8) is 0 Å². The zero-order chi connectivity index (χ0) is 16.8. The van der Waals surface area contributed by atoms with Gasteiger partial charge in [-0.2, -0.15) is 14.5 Å². The molecule has 0 amide bonds. The van der Waals surface area contributed by atoms with E-state index in [9.17, 15) is 4.79 Å². The van der Waals surface area contributed by atoms with Gasteiger partial charge in [0.05, 0.1) is 16.6 Å². The molecule has 1 N–H and O–H groups in total. The molecule has 24 heavy (non-hydrogen) atoms. The van der Waals surface area contributed by atoms with Crippen LogP contribution in [0.25, 0.3) is 22.6 Å². The number of aromatic amines is 1. The second-order valence-electron chi connectivity index (χ2n) is 4.90. The van der Waals surface area contributed by atoms with E-state index in [2.05, 4.69) is 30.2 Å². The molecule has 122 valence electrons. The molecule has 4 heterocycles. The molecule has 0 aliphatic heterocycles. The molecule has 4 rings (SSSR count). The highest BCUT2D eigenvalue weighted by molar-refractivity contribution is 7.98. The van der Waals surface area contributed by atoms with Crippen LogP contribution in [0.2, 0.25) is 0 Å². The van der Waals surface area contributed by atoms with Gasteiger partial charge in [0.15, 0.2) is 0 Å². The first kappa shape index (κ1) is 15.1. The van der Waals surface area contributed by atoms with E-state index in [0.717, 1.165) is 0 Å². The maximum Gasteiger partial charge on any atom is 0.268 e. The SMILES string of the molecule is CSc1n[nH]c(-n2ccc3c(c(C)nc4nc(SC)nn43)c2=O)n1. The van der Waals surface area contributed by atoms with E-state index in [1.165, 1.54) is 28.1 Å². The van der Waals surface area contributed by atoms with Gasteiger partial charge in [0.25, 0.3) is 11.3 Å². The number of pyridine rings is 1. The standard InChI is InChI=1S/C13H12N8OS2/c1-6-8-7(21-10(14-6)15-13(19-21)24-3)4-5-20(9(8)22)11-16-12(23-2)18-17-11/h4-5H,1-3H3,(H,16,17,18). The molecular weight excluding hydrogens is 348 g/mol. The van der Waals surface area contributed by atoms with Crippen LogP contribution in [0.5, 0.6) is 0 Å². The first-order valence-electron chi connectivity index (χ1n) is 6.92. The Hall–Kier alpha value is -2.40. The van der Waals surface area contributed by atoms with E-state index in [1.807, 2.05) is 12.5 Å². The fourth-order valence-corrected chi connectivity index (χ4v) is 3.11. The number of hydrogen-bond acceptors (Lipinski definition) is 8. The minimum Gasteiger partial charge on any atom is -0.268 e. The van der Waals surface area contributed by atoms with E-state index in [0.29, 0.717) is 38.6 Å². The second kappa shape index (κ2) is 5.60. The highest BCUT2D eigenvalue weighted by Gasteiger charge is 2.16. The maximum absolute atomic E-state index is 12.9. The van der Waals surface area contributed by atoms with Crippen LogP contribution in [0.15, 0.2) is 27.4 Å². The Morgan fingerprint density at radius 3 is 2.62 bits per heavy atom. The number of hydrogen-bond donors (Lipinski definition) is 1. The highest BCUT2D eigenvalue weighted by Crippen LogP contribution is 2.18. The maximum atomic E-state index is 12.9. The molecule has 0 unspecified atom stereocenters. The summed E-state index contributed by atoms with van der Waals surface area (Å²) >= 11 is 2.82. The quantitative estimate of drug-likeness (QED) is 0.545. The van der Waals surface area contributed by atoms with Crippen LogP contribution in [-0.2, 0) is 0 Å². The lowest BCUT2D eigenvalue weighted by Crippen LogP contribution is -2.21. The largest absolute Gasteiger partial charge is 0.268 e. The number of fused-ring (bicyclic) bond motifs is 3. The Morgan fingerprint density at radius 2 is 1.92 bits per heavy atom. The Bertz CT molecular complexity index is 1130. The Labute approximate surface area is 143 Å². The summed E-state index contributed by atoms with van der Waals surface area (Å²) in [5, 5.41) is 12.8. The minimum atomic E-state index is -0.232. The van der Waals surface area contributed by atoms with E-state index in [1.54, 1.807) is 23.7 Å². The minimum absolute atomic E-state index is 0.232. The molecule has 11 heteroatoms. The van der Waals surface area contributed by atoms with E-state index in [-0.39, 0.29) is 5.56 Å². The number of nitrogens with zero attached hydrogens (tertiary/aromatic N) is 7. The Balaban J connectivity index is 2.03. The third-order valence-electron chi connectivity index (χ3n) is 3.55. The average molecular weight is 360 g/mol. The molecule has 4 aromatic heterocycles. The predicted octanol–water partition coefficient (Wildman–Crippen LogP) is 1.30. The third-order valence-corrected chi connectivity index (χ3v) is 4.63. The molecule has 0 spiro atoms. The van der Waals surface area contributed by atoms with Gasteiger partial charge in [-0.3, -0.25) is 9.36 Å². The highest BCUT2D eigenvalue weighted by atomic mass is 32.2. The van der Waals surface area contributed by atoms with Gasteiger partial charge in [-0.1, -0.05) is 23.5 Å². The molecular formula is C13H12N8OS2. The van der Waals surface area contributed by atoms with Gasteiger partial charge in [0.1, 0.15) is 0 Å². The van der Waals surface area contributed by atoms with Gasteiger partial charge >= 0.3 is 0 Å². The van der Waals surface area contributed by atoms with Crippen LogP contribution in [0.3, 0.4) is 0 Å². The van der Waals surface area contributed by atoms with E-state index in [4.69, 9.17) is 0 Å². The molecule has 0 aromatic carbocycles. The predicted molar refractivity (Wildman–Crippen MR) is 92.1 cm³/mol. The normalized spacial score (nSPS) is 11.6. The topological polar surface area (TPSA) is 107 Å². The Kier molecular flexibility index (Phi) is 3.53. The zero-order valence-corrected chi connectivity index (χ0v) is 14.6. The van der Waals surface area contributed by atoms with Crippen LogP contribution < -0.4 is 5.56 Å².